The molecule has 1 saturated heterocycles. The molecular weight excluding hydrogens is 220 g/mol. The first kappa shape index (κ1) is 12.0. The molecule has 0 radical (unpaired) electrons. The van der Waals surface area contributed by atoms with Crippen LogP contribution >= 0.6 is 0 Å². The van der Waals surface area contributed by atoms with Gasteiger partial charge in [-0.05, 0) is 11.6 Å². The standard InChI is InChI=1S/C12H16N2O3/c15-11(6-10-2-1-4-13-7-10)14-8-12(16)3-5-17-9-12/h1-2,4,7,16H,3,5-6,8-9H2,(H,14,15). The molecule has 1 aliphatic heterocycles. The number of nitrogens with zero attached hydrogens (tertiary/aromatic N) is 1. The van der Waals surface area contributed by atoms with Crippen molar-refractivity contribution in [2.45, 2.75) is 18.4 Å². The molecular formula is C12H16N2O3. The van der Waals surface area contributed by atoms with E-state index in [1.807, 2.05) is 6.07 Å². The Labute approximate surface area is 99.8 Å². The van der Waals surface area contributed by atoms with E-state index in [4.69, 9.17) is 4.74 Å². The summed E-state index contributed by atoms with van der Waals surface area (Å²) in [4.78, 5) is 15.6. The van der Waals surface area contributed by atoms with Crippen molar-refractivity contribution in [1.29, 1.82) is 0 Å². The predicted molar refractivity (Wildman–Crippen MR) is 61.3 cm³/mol. The van der Waals surface area contributed by atoms with Crippen LogP contribution in [0.1, 0.15) is 12.0 Å². The van der Waals surface area contributed by atoms with Crippen LogP contribution in [0.4, 0.5) is 0 Å². The summed E-state index contributed by atoms with van der Waals surface area (Å²) in [5, 5.41) is 12.7. The van der Waals surface area contributed by atoms with E-state index in [1.165, 1.54) is 0 Å². The molecule has 0 aliphatic carbocycles. The minimum atomic E-state index is -0.898. The number of carbonyl (C=O) groups is 1. The lowest BCUT2D eigenvalue weighted by atomic mass is 10.0. The van der Waals surface area contributed by atoms with E-state index in [-0.39, 0.29) is 18.9 Å². The van der Waals surface area contributed by atoms with Crippen LogP contribution in [-0.2, 0) is 16.0 Å². The molecule has 5 nitrogen and oxygen atoms in total. The van der Waals surface area contributed by atoms with Gasteiger partial charge in [-0.3, -0.25) is 9.78 Å². The molecule has 0 spiro atoms. The Hall–Kier alpha value is -1.46. The molecule has 1 amide bonds. The molecule has 1 unspecified atom stereocenters. The Bertz CT molecular complexity index is 375. The molecule has 1 aromatic heterocycles. The van der Waals surface area contributed by atoms with Crippen molar-refractivity contribution in [3.05, 3.63) is 30.1 Å². The second kappa shape index (κ2) is 5.25. The second-order valence-electron chi connectivity index (χ2n) is 4.34. The average molecular weight is 236 g/mol. The summed E-state index contributed by atoms with van der Waals surface area (Å²) in [6.45, 7) is 1.08. The zero-order chi connectivity index (χ0) is 12.1. The van der Waals surface area contributed by atoms with Crippen molar-refractivity contribution >= 4 is 5.91 Å². The van der Waals surface area contributed by atoms with Gasteiger partial charge in [-0.25, -0.2) is 0 Å². The Morgan fingerprint density at radius 2 is 2.53 bits per heavy atom. The molecule has 1 aliphatic rings. The summed E-state index contributed by atoms with van der Waals surface area (Å²) in [7, 11) is 0. The number of aliphatic hydroxyl groups is 1. The maximum absolute atomic E-state index is 11.6. The fraction of sp³-hybridized carbons (Fsp3) is 0.500. The van der Waals surface area contributed by atoms with Gasteiger partial charge in [0.1, 0.15) is 5.60 Å². The molecule has 2 heterocycles. The lowest BCUT2D eigenvalue weighted by Gasteiger charge is -2.20. The molecule has 0 bridgehead atoms. The van der Waals surface area contributed by atoms with Crippen LogP contribution in [0.15, 0.2) is 24.5 Å². The lowest BCUT2D eigenvalue weighted by molar-refractivity contribution is -0.121. The highest BCUT2D eigenvalue weighted by molar-refractivity contribution is 5.78. The van der Waals surface area contributed by atoms with Crippen molar-refractivity contribution < 1.29 is 14.6 Å². The van der Waals surface area contributed by atoms with Crippen LogP contribution < -0.4 is 5.32 Å². The number of hydrogen-bond donors (Lipinski definition) is 2. The highest BCUT2D eigenvalue weighted by Gasteiger charge is 2.32. The Morgan fingerprint density at radius 3 is 3.18 bits per heavy atom. The fourth-order valence-corrected chi connectivity index (χ4v) is 1.75. The van der Waals surface area contributed by atoms with Crippen molar-refractivity contribution in [3.63, 3.8) is 0 Å². The van der Waals surface area contributed by atoms with Crippen LogP contribution in [0.5, 0.6) is 0 Å². The molecule has 1 fully saturated rings. The van der Waals surface area contributed by atoms with Crippen molar-refractivity contribution in [1.82, 2.24) is 10.3 Å². The zero-order valence-corrected chi connectivity index (χ0v) is 9.56. The Balaban J connectivity index is 1.78. The Morgan fingerprint density at radius 1 is 1.65 bits per heavy atom. The number of aromatic nitrogens is 1. The summed E-state index contributed by atoms with van der Waals surface area (Å²) < 4.78 is 5.10. The van der Waals surface area contributed by atoms with E-state index in [0.29, 0.717) is 19.6 Å². The topological polar surface area (TPSA) is 71.5 Å². The maximum atomic E-state index is 11.6. The van der Waals surface area contributed by atoms with Crippen molar-refractivity contribution in [3.8, 4) is 0 Å². The van der Waals surface area contributed by atoms with Gasteiger partial charge in [-0.15, -0.1) is 0 Å². The number of hydrogen-bond acceptors (Lipinski definition) is 4. The number of pyridine rings is 1. The molecule has 2 rings (SSSR count). The van der Waals surface area contributed by atoms with E-state index in [0.717, 1.165) is 5.56 Å². The largest absolute Gasteiger partial charge is 0.386 e. The van der Waals surface area contributed by atoms with E-state index < -0.39 is 5.60 Å². The predicted octanol–water partition coefficient (Wildman–Crippen LogP) is -0.108. The summed E-state index contributed by atoms with van der Waals surface area (Å²) in [5.74, 6) is -0.113. The van der Waals surface area contributed by atoms with E-state index in [9.17, 15) is 9.90 Å². The summed E-state index contributed by atoms with van der Waals surface area (Å²) in [5.41, 5.74) is -0.0374. The number of rotatable bonds is 4. The van der Waals surface area contributed by atoms with Gasteiger partial charge in [0.25, 0.3) is 0 Å². The normalized spacial score (nSPS) is 23.6. The van der Waals surface area contributed by atoms with Crippen LogP contribution in [0.2, 0.25) is 0 Å². The minimum Gasteiger partial charge on any atom is -0.386 e. The van der Waals surface area contributed by atoms with Crippen molar-refractivity contribution in [2.75, 3.05) is 19.8 Å². The van der Waals surface area contributed by atoms with Crippen LogP contribution in [0.3, 0.4) is 0 Å². The molecule has 92 valence electrons. The van der Waals surface area contributed by atoms with E-state index in [1.54, 1.807) is 18.5 Å². The fourth-order valence-electron chi connectivity index (χ4n) is 1.75. The zero-order valence-electron chi connectivity index (χ0n) is 9.56. The molecule has 2 N–H and O–H groups in total. The van der Waals surface area contributed by atoms with Gasteiger partial charge in [-0.2, -0.15) is 0 Å². The van der Waals surface area contributed by atoms with Gasteiger partial charge in [0, 0.05) is 32.0 Å². The lowest BCUT2D eigenvalue weighted by Crippen LogP contribution is -2.43. The summed E-state index contributed by atoms with van der Waals surface area (Å²) >= 11 is 0. The molecule has 0 aromatic carbocycles. The van der Waals surface area contributed by atoms with Crippen LogP contribution in [-0.4, -0.2) is 41.4 Å². The third kappa shape index (κ3) is 3.51. The van der Waals surface area contributed by atoms with Gasteiger partial charge in [0.05, 0.1) is 13.0 Å². The molecule has 0 saturated carbocycles. The van der Waals surface area contributed by atoms with Gasteiger partial charge in [0.15, 0.2) is 0 Å². The second-order valence-corrected chi connectivity index (χ2v) is 4.34. The monoisotopic (exact) mass is 236 g/mol. The first-order chi connectivity index (χ1) is 8.18. The SMILES string of the molecule is O=C(Cc1cccnc1)NCC1(O)CCOC1. The van der Waals surface area contributed by atoms with Gasteiger partial charge < -0.3 is 15.2 Å². The first-order valence-corrected chi connectivity index (χ1v) is 5.64. The third-order valence-corrected chi connectivity index (χ3v) is 2.78. The maximum Gasteiger partial charge on any atom is 0.224 e. The van der Waals surface area contributed by atoms with Crippen LogP contribution in [0, 0.1) is 0 Å². The average Bonchev–Trinajstić information content (AvgIpc) is 2.76. The highest BCUT2D eigenvalue weighted by atomic mass is 16.5. The third-order valence-electron chi connectivity index (χ3n) is 2.78. The highest BCUT2D eigenvalue weighted by Crippen LogP contribution is 2.16. The Kier molecular flexibility index (Phi) is 3.71. The van der Waals surface area contributed by atoms with Gasteiger partial charge in [-0.1, -0.05) is 6.07 Å². The number of nitrogens with one attached hydrogen (secondary N) is 1. The minimum absolute atomic E-state index is 0.113. The molecule has 1 atom stereocenters. The van der Waals surface area contributed by atoms with Crippen molar-refractivity contribution in [2.24, 2.45) is 0 Å². The van der Waals surface area contributed by atoms with Gasteiger partial charge >= 0.3 is 0 Å². The molecule has 5 heteroatoms. The van der Waals surface area contributed by atoms with Gasteiger partial charge in [0.2, 0.25) is 5.91 Å². The first-order valence-electron chi connectivity index (χ1n) is 5.64. The number of ether oxygens (including phenoxy) is 1. The smallest absolute Gasteiger partial charge is 0.224 e. The van der Waals surface area contributed by atoms with Crippen LogP contribution in [0.25, 0.3) is 0 Å². The van der Waals surface area contributed by atoms with E-state index in [2.05, 4.69) is 10.3 Å². The quantitative estimate of drug-likeness (QED) is 0.765. The number of carbonyl (C=O) groups excluding carboxylic acids is 1. The molecule has 1 aromatic rings. The summed E-state index contributed by atoms with van der Waals surface area (Å²) in [6, 6.07) is 3.64. The summed E-state index contributed by atoms with van der Waals surface area (Å²) in [6.07, 6.45) is 4.18. The van der Waals surface area contributed by atoms with E-state index >= 15 is 0 Å². The molecule has 17 heavy (non-hydrogen) atoms. The number of amides is 1.